The van der Waals surface area contributed by atoms with Crippen LogP contribution in [-0.4, -0.2) is 20.7 Å². The van der Waals surface area contributed by atoms with Gasteiger partial charge in [0.2, 0.25) is 5.91 Å². The van der Waals surface area contributed by atoms with Crippen LogP contribution in [0.5, 0.6) is 0 Å². The topological polar surface area (TPSA) is 59.8 Å². The summed E-state index contributed by atoms with van der Waals surface area (Å²) in [5.74, 6) is 0.00696. The Bertz CT molecular complexity index is 942. The van der Waals surface area contributed by atoms with E-state index >= 15 is 0 Å². The van der Waals surface area contributed by atoms with Gasteiger partial charge < -0.3 is 5.32 Å². The Kier molecular flexibility index (Phi) is 3.35. The van der Waals surface area contributed by atoms with Gasteiger partial charge in [-0.05, 0) is 43.5 Å². The van der Waals surface area contributed by atoms with E-state index in [1.54, 1.807) is 10.9 Å². The molecule has 0 radical (unpaired) electrons. The van der Waals surface area contributed by atoms with E-state index in [9.17, 15) is 4.79 Å². The van der Waals surface area contributed by atoms with Crippen LogP contribution in [0, 0.1) is 6.92 Å². The molecule has 0 unspecified atom stereocenters. The number of fused-ring (bicyclic) bond motifs is 1. The van der Waals surface area contributed by atoms with Crippen LogP contribution in [0.4, 0.5) is 5.69 Å². The van der Waals surface area contributed by atoms with Crippen LogP contribution in [0.15, 0.2) is 36.5 Å². The normalized spacial score (nSPS) is 15.5. The van der Waals surface area contributed by atoms with Crippen molar-refractivity contribution in [2.75, 3.05) is 5.32 Å². The summed E-state index contributed by atoms with van der Waals surface area (Å²) >= 11 is 5.95. The van der Waals surface area contributed by atoms with Crippen molar-refractivity contribution in [3.8, 4) is 0 Å². The van der Waals surface area contributed by atoms with Crippen LogP contribution in [0.3, 0.4) is 0 Å². The molecular formula is C18H17ClN4O. The highest BCUT2D eigenvalue weighted by atomic mass is 35.5. The summed E-state index contributed by atoms with van der Waals surface area (Å²) in [4.78, 5) is 17.2. The molecule has 1 aliphatic carbocycles. The Balaban J connectivity index is 1.62. The molecule has 3 aromatic rings. The minimum absolute atomic E-state index is 0.00696. The molecule has 6 heteroatoms. The first-order valence-corrected chi connectivity index (χ1v) is 8.24. The van der Waals surface area contributed by atoms with Gasteiger partial charge >= 0.3 is 0 Å². The lowest BCUT2D eigenvalue weighted by atomic mass is 9.95. The van der Waals surface area contributed by atoms with Crippen LogP contribution >= 0.6 is 11.6 Å². The third kappa shape index (κ3) is 2.36. The highest BCUT2D eigenvalue weighted by Gasteiger charge is 2.51. The molecule has 1 aromatic carbocycles. The zero-order chi connectivity index (χ0) is 16.9. The molecule has 1 aliphatic rings. The maximum absolute atomic E-state index is 12.8. The van der Waals surface area contributed by atoms with Crippen LogP contribution in [0.2, 0.25) is 5.02 Å². The molecule has 4 rings (SSSR count). The van der Waals surface area contributed by atoms with Gasteiger partial charge in [0.1, 0.15) is 0 Å². The second-order valence-electron chi connectivity index (χ2n) is 6.35. The van der Waals surface area contributed by atoms with Gasteiger partial charge in [0.15, 0.2) is 5.65 Å². The van der Waals surface area contributed by atoms with Crippen molar-refractivity contribution in [1.29, 1.82) is 0 Å². The monoisotopic (exact) mass is 340 g/mol. The Labute approximate surface area is 144 Å². The number of hydrogen-bond acceptors (Lipinski definition) is 3. The number of anilines is 1. The third-order valence-electron chi connectivity index (χ3n) is 4.70. The number of aryl methyl sites for hydroxylation is 2. The van der Waals surface area contributed by atoms with Gasteiger partial charge in [-0.1, -0.05) is 23.7 Å². The summed E-state index contributed by atoms with van der Waals surface area (Å²) in [7, 11) is 1.86. The van der Waals surface area contributed by atoms with E-state index in [1.165, 1.54) is 0 Å². The molecule has 1 N–H and O–H groups in total. The Morgan fingerprint density at radius 2 is 2.00 bits per heavy atom. The molecule has 1 amide bonds. The third-order valence-corrected chi connectivity index (χ3v) is 4.95. The highest BCUT2D eigenvalue weighted by molar-refractivity contribution is 6.30. The molecule has 1 fully saturated rings. The van der Waals surface area contributed by atoms with Crippen LogP contribution in [0.1, 0.15) is 24.1 Å². The molecule has 0 saturated heterocycles. The predicted octanol–water partition coefficient (Wildman–Crippen LogP) is 3.60. The molecule has 5 nitrogen and oxygen atoms in total. The van der Waals surface area contributed by atoms with E-state index in [0.717, 1.165) is 35.1 Å². The molecule has 24 heavy (non-hydrogen) atoms. The van der Waals surface area contributed by atoms with E-state index in [2.05, 4.69) is 15.4 Å². The summed E-state index contributed by atoms with van der Waals surface area (Å²) < 4.78 is 1.74. The van der Waals surface area contributed by atoms with Crippen molar-refractivity contribution >= 4 is 34.2 Å². The van der Waals surface area contributed by atoms with Crippen LogP contribution in [-0.2, 0) is 17.3 Å². The zero-order valence-corrected chi connectivity index (χ0v) is 14.3. The van der Waals surface area contributed by atoms with Gasteiger partial charge in [-0.15, -0.1) is 0 Å². The van der Waals surface area contributed by atoms with E-state index in [4.69, 9.17) is 11.6 Å². The Hall–Kier alpha value is -2.40. The summed E-state index contributed by atoms with van der Waals surface area (Å²) in [5, 5.41) is 9.00. The second-order valence-corrected chi connectivity index (χ2v) is 6.78. The van der Waals surface area contributed by atoms with E-state index in [0.29, 0.717) is 10.7 Å². The molecule has 0 atom stereocenters. The van der Waals surface area contributed by atoms with Gasteiger partial charge in [-0.25, -0.2) is 4.98 Å². The number of pyridine rings is 1. The lowest BCUT2D eigenvalue weighted by molar-refractivity contribution is -0.118. The number of aromatic nitrogens is 3. The average Bonchev–Trinajstić information content (AvgIpc) is 3.32. The van der Waals surface area contributed by atoms with Crippen molar-refractivity contribution in [2.24, 2.45) is 7.05 Å². The van der Waals surface area contributed by atoms with E-state index < -0.39 is 5.41 Å². The predicted molar refractivity (Wildman–Crippen MR) is 94.2 cm³/mol. The first-order valence-electron chi connectivity index (χ1n) is 7.86. The number of hydrogen-bond donors (Lipinski definition) is 1. The number of benzene rings is 1. The molecule has 0 spiro atoms. The van der Waals surface area contributed by atoms with Crippen molar-refractivity contribution in [2.45, 2.75) is 25.2 Å². The highest BCUT2D eigenvalue weighted by Crippen LogP contribution is 2.49. The summed E-state index contributed by atoms with van der Waals surface area (Å²) in [6, 6.07) is 9.46. The minimum atomic E-state index is -0.441. The smallest absolute Gasteiger partial charge is 0.235 e. The number of nitrogens with zero attached hydrogens (tertiary/aromatic N) is 3. The van der Waals surface area contributed by atoms with Crippen molar-refractivity contribution in [3.63, 3.8) is 0 Å². The van der Waals surface area contributed by atoms with E-state index in [-0.39, 0.29) is 5.91 Å². The molecule has 122 valence electrons. The summed E-state index contributed by atoms with van der Waals surface area (Å²) in [6.45, 7) is 1.94. The molecule has 2 aromatic heterocycles. The fourth-order valence-corrected chi connectivity index (χ4v) is 3.29. The number of nitrogens with one attached hydrogen (secondary N) is 1. The number of amides is 1. The number of halogens is 1. The number of carbonyl (C=O) groups excluding carboxylic acids is 1. The van der Waals surface area contributed by atoms with Gasteiger partial charge in [0.05, 0.1) is 23.0 Å². The SMILES string of the molecule is Cc1nn(C)c2ncc(NC(=O)C3(c4ccc(Cl)cc4)CC3)cc12. The van der Waals surface area contributed by atoms with E-state index in [1.807, 2.05) is 44.3 Å². The maximum atomic E-state index is 12.8. The quantitative estimate of drug-likeness (QED) is 0.792. The van der Waals surface area contributed by atoms with Crippen molar-refractivity contribution in [1.82, 2.24) is 14.8 Å². The molecule has 2 heterocycles. The first-order chi connectivity index (χ1) is 11.5. The van der Waals surface area contributed by atoms with Crippen molar-refractivity contribution in [3.05, 3.63) is 52.8 Å². The molecule has 1 saturated carbocycles. The standard InChI is InChI=1S/C18H17ClN4O/c1-11-15-9-14(10-20-16(15)23(2)22-11)21-17(24)18(7-8-18)12-3-5-13(19)6-4-12/h3-6,9-10H,7-8H2,1-2H3,(H,21,24). The Morgan fingerprint density at radius 3 is 2.67 bits per heavy atom. The zero-order valence-electron chi connectivity index (χ0n) is 13.5. The van der Waals surface area contributed by atoms with Gasteiger partial charge in [-0.2, -0.15) is 5.10 Å². The van der Waals surface area contributed by atoms with Crippen molar-refractivity contribution < 1.29 is 4.79 Å². The second kappa shape index (κ2) is 5.31. The first kappa shape index (κ1) is 15.1. The van der Waals surface area contributed by atoms with Gasteiger partial charge in [0.25, 0.3) is 0 Å². The molecule has 0 bridgehead atoms. The molecular weight excluding hydrogens is 324 g/mol. The minimum Gasteiger partial charge on any atom is -0.324 e. The largest absolute Gasteiger partial charge is 0.324 e. The fourth-order valence-electron chi connectivity index (χ4n) is 3.17. The van der Waals surface area contributed by atoms with Gasteiger partial charge in [-0.3, -0.25) is 9.48 Å². The summed E-state index contributed by atoms with van der Waals surface area (Å²) in [6.07, 6.45) is 3.38. The average molecular weight is 341 g/mol. The van der Waals surface area contributed by atoms with Crippen LogP contribution in [0.25, 0.3) is 11.0 Å². The van der Waals surface area contributed by atoms with Crippen LogP contribution < -0.4 is 5.32 Å². The molecule has 0 aliphatic heterocycles. The lowest BCUT2D eigenvalue weighted by Crippen LogP contribution is -2.27. The maximum Gasteiger partial charge on any atom is 0.235 e. The lowest BCUT2D eigenvalue weighted by Gasteiger charge is -2.16. The Morgan fingerprint density at radius 1 is 1.29 bits per heavy atom. The fraction of sp³-hybridized carbons (Fsp3) is 0.278. The number of rotatable bonds is 3. The summed E-state index contributed by atoms with van der Waals surface area (Å²) in [5.41, 5.74) is 2.97. The number of carbonyl (C=O) groups is 1. The van der Waals surface area contributed by atoms with Gasteiger partial charge in [0, 0.05) is 17.5 Å².